The highest BCUT2D eigenvalue weighted by Crippen LogP contribution is 2.07. The fraction of sp³-hybridized carbons (Fsp3) is 0. The average molecular weight is 126 g/mol. The molecule has 0 aliphatic heterocycles. The highest BCUT2D eigenvalue weighted by atomic mass is 19.3. The lowest BCUT2D eigenvalue weighted by Crippen LogP contribution is -1.94. The summed E-state index contributed by atoms with van der Waals surface area (Å²) in [5, 5.41) is 7.44. The Labute approximate surface area is 42.2 Å². The van der Waals surface area contributed by atoms with Crippen LogP contribution in [0.1, 0.15) is 0 Å². The zero-order valence-corrected chi connectivity index (χ0v) is 3.49. The maximum atomic E-state index is 11.2. The van der Waals surface area contributed by atoms with Gasteiger partial charge in [-0.1, -0.05) is 0 Å². The molecule has 8 heavy (non-hydrogen) atoms. The van der Waals surface area contributed by atoms with Crippen molar-refractivity contribution < 1.29 is 23.1 Å². The van der Waals surface area contributed by atoms with Crippen molar-refractivity contribution in [1.82, 2.24) is 0 Å². The van der Waals surface area contributed by atoms with Gasteiger partial charge in [-0.25, -0.2) is 4.79 Å². The number of halogens is 3. The molecule has 0 aromatic rings. The van der Waals surface area contributed by atoms with Crippen LogP contribution >= 0.6 is 0 Å². The van der Waals surface area contributed by atoms with Crippen LogP contribution in [0.3, 0.4) is 0 Å². The molecule has 0 heterocycles. The van der Waals surface area contributed by atoms with E-state index in [1.807, 2.05) is 0 Å². The summed E-state index contributed by atoms with van der Waals surface area (Å²) >= 11 is 0. The lowest BCUT2D eigenvalue weighted by atomic mass is 10.6. The third-order valence-electron chi connectivity index (χ3n) is 0.354. The van der Waals surface area contributed by atoms with E-state index in [1.165, 1.54) is 0 Å². The van der Waals surface area contributed by atoms with Crippen molar-refractivity contribution in [2.75, 3.05) is 0 Å². The molecule has 0 aliphatic carbocycles. The lowest BCUT2D eigenvalue weighted by Gasteiger charge is -1.81. The number of aliphatic carboxylic acids is 1. The molecule has 0 aliphatic rings. The predicted octanol–water partition coefficient (Wildman–Crippen LogP) is 1.15. The topological polar surface area (TPSA) is 37.3 Å². The van der Waals surface area contributed by atoms with Gasteiger partial charge in [-0.15, -0.1) is 0 Å². The second-order valence-corrected chi connectivity index (χ2v) is 0.880. The van der Waals surface area contributed by atoms with E-state index in [9.17, 15) is 18.0 Å². The minimum atomic E-state index is -2.81. The average Bonchev–Trinajstić information content (AvgIpc) is 1.64. The molecular weight excluding hydrogens is 125 g/mol. The van der Waals surface area contributed by atoms with Crippen LogP contribution < -0.4 is 0 Å². The van der Waals surface area contributed by atoms with E-state index in [0.717, 1.165) is 0 Å². The summed E-state index contributed by atoms with van der Waals surface area (Å²) in [4.78, 5) is 9.23. The van der Waals surface area contributed by atoms with Gasteiger partial charge in [-0.05, 0) is 0 Å². The first-order chi connectivity index (χ1) is 3.55. The molecule has 46 valence electrons. The molecule has 0 aromatic carbocycles. The summed E-state index contributed by atoms with van der Waals surface area (Å²) in [6.07, 6.45) is -2.81. The molecule has 0 rings (SSSR count). The Kier molecular flexibility index (Phi) is 2.05. The minimum Gasteiger partial charge on any atom is -0.476 e. The molecule has 0 spiro atoms. The molecule has 5 heteroatoms. The molecule has 2 nitrogen and oxygen atoms in total. The van der Waals surface area contributed by atoms with E-state index >= 15 is 0 Å². The number of rotatable bonds is 1. The first-order valence-corrected chi connectivity index (χ1v) is 1.49. The standard InChI is InChI=1S/C3HF3O2/c4-1(2(5)6)3(7)8/h(H,7,8). The molecule has 0 radical (unpaired) electrons. The van der Waals surface area contributed by atoms with E-state index in [4.69, 9.17) is 5.11 Å². The Morgan fingerprint density at radius 3 is 1.62 bits per heavy atom. The molecule has 1 N–H and O–H groups in total. The van der Waals surface area contributed by atoms with Gasteiger partial charge in [0, 0.05) is 0 Å². The maximum absolute atomic E-state index is 11.2. The molecule has 0 amide bonds. The van der Waals surface area contributed by atoms with Crippen LogP contribution in [0.4, 0.5) is 13.2 Å². The van der Waals surface area contributed by atoms with Gasteiger partial charge < -0.3 is 5.11 Å². The zero-order chi connectivity index (χ0) is 6.73. The smallest absolute Gasteiger partial charge is 0.370 e. The summed E-state index contributed by atoms with van der Waals surface area (Å²) in [6, 6.07) is 0. The third-order valence-corrected chi connectivity index (χ3v) is 0.354. The Morgan fingerprint density at radius 2 is 1.62 bits per heavy atom. The summed E-state index contributed by atoms with van der Waals surface area (Å²) < 4.78 is 32.8. The number of hydrogen-bond acceptors (Lipinski definition) is 1. The van der Waals surface area contributed by atoms with Crippen molar-refractivity contribution in [3.05, 3.63) is 11.9 Å². The highest BCUT2D eigenvalue weighted by Gasteiger charge is 2.12. The number of carboxylic acid groups (broad SMARTS) is 1. The van der Waals surface area contributed by atoms with Gasteiger partial charge in [0.25, 0.3) is 5.83 Å². The third kappa shape index (κ3) is 1.63. The summed E-state index contributed by atoms with van der Waals surface area (Å²) in [5.41, 5.74) is 0. The molecule has 0 atom stereocenters. The second kappa shape index (κ2) is 2.34. The summed E-state index contributed by atoms with van der Waals surface area (Å²) in [6.45, 7) is 0. The SMILES string of the molecule is O=C(O)C(F)=C(F)F. The van der Waals surface area contributed by atoms with E-state index in [1.54, 1.807) is 0 Å². The second-order valence-electron chi connectivity index (χ2n) is 0.880. The van der Waals surface area contributed by atoms with Crippen molar-refractivity contribution in [1.29, 1.82) is 0 Å². The van der Waals surface area contributed by atoms with Crippen LogP contribution in [0.25, 0.3) is 0 Å². The van der Waals surface area contributed by atoms with Crippen LogP contribution in [0.5, 0.6) is 0 Å². The number of carboxylic acids is 1. The van der Waals surface area contributed by atoms with Crippen LogP contribution in [0, 0.1) is 0 Å². The van der Waals surface area contributed by atoms with Crippen molar-refractivity contribution in [3.8, 4) is 0 Å². The molecule has 0 fully saturated rings. The van der Waals surface area contributed by atoms with Crippen LogP contribution in [0.15, 0.2) is 11.9 Å². The molecular formula is C3HF3O2. The van der Waals surface area contributed by atoms with E-state index < -0.39 is 17.9 Å². The zero-order valence-electron chi connectivity index (χ0n) is 3.49. The van der Waals surface area contributed by atoms with Gasteiger partial charge in [0.15, 0.2) is 0 Å². The van der Waals surface area contributed by atoms with Gasteiger partial charge in [0.1, 0.15) is 0 Å². The molecule has 0 unspecified atom stereocenters. The number of carbonyl (C=O) groups is 1. The van der Waals surface area contributed by atoms with Crippen molar-refractivity contribution in [2.24, 2.45) is 0 Å². The van der Waals surface area contributed by atoms with Crippen molar-refractivity contribution in [3.63, 3.8) is 0 Å². The highest BCUT2D eigenvalue weighted by molar-refractivity contribution is 5.84. The van der Waals surface area contributed by atoms with Gasteiger partial charge in [-0.2, -0.15) is 13.2 Å². The quantitative estimate of drug-likeness (QED) is 0.535. The minimum absolute atomic E-state index is 2.25. The molecule has 0 saturated heterocycles. The van der Waals surface area contributed by atoms with E-state index in [2.05, 4.69) is 0 Å². The monoisotopic (exact) mass is 126 g/mol. The normalized spacial score (nSPS) is 8.38. The number of hydrogen-bond donors (Lipinski definition) is 1. The fourth-order valence-corrected chi connectivity index (χ4v) is 0.0808. The fourth-order valence-electron chi connectivity index (χ4n) is 0.0808. The van der Waals surface area contributed by atoms with Gasteiger partial charge >= 0.3 is 12.0 Å². The van der Waals surface area contributed by atoms with Gasteiger partial charge in [0.2, 0.25) is 0 Å². The lowest BCUT2D eigenvalue weighted by molar-refractivity contribution is -0.134. The Balaban J connectivity index is 4.23. The summed E-state index contributed by atoms with van der Waals surface area (Å²) in [7, 11) is 0. The molecule has 0 saturated carbocycles. The first kappa shape index (κ1) is 7.00. The van der Waals surface area contributed by atoms with Gasteiger partial charge in [-0.3, -0.25) is 0 Å². The Hall–Kier alpha value is -1.00. The van der Waals surface area contributed by atoms with Crippen LogP contribution in [-0.4, -0.2) is 11.1 Å². The summed E-state index contributed by atoms with van der Waals surface area (Å²) in [5.74, 6) is -4.64. The maximum Gasteiger partial charge on any atom is 0.370 e. The molecule has 0 bridgehead atoms. The van der Waals surface area contributed by atoms with Crippen LogP contribution in [-0.2, 0) is 4.79 Å². The van der Waals surface area contributed by atoms with E-state index in [-0.39, 0.29) is 0 Å². The predicted molar refractivity (Wildman–Crippen MR) is 18.0 cm³/mol. The van der Waals surface area contributed by atoms with E-state index in [0.29, 0.717) is 0 Å². The van der Waals surface area contributed by atoms with Crippen LogP contribution in [0.2, 0.25) is 0 Å². The Bertz CT molecular complexity index is 135. The first-order valence-electron chi connectivity index (χ1n) is 1.49. The molecule has 0 aromatic heterocycles. The van der Waals surface area contributed by atoms with Crippen molar-refractivity contribution in [2.45, 2.75) is 0 Å². The van der Waals surface area contributed by atoms with Gasteiger partial charge in [0.05, 0.1) is 0 Å². The van der Waals surface area contributed by atoms with Crippen molar-refractivity contribution >= 4 is 5.97 Å². The Morgan fingerprint density at radius 1 is 1.25 bits per heavy atom. The largest absolute Gasteiger partial charge is 0.476 e.